The molecular formula is C28H29ClN2O3S. The van der Waals surface area contributed by atoms with E-state index in [9.17, 15) is 9.59 Å². The molecule has 1 aromatic heterocycles. The van der Waals surface area contributed by atoms with Gasteiger partial charge in [-0.2, -0.15) is 0 Å². The largest absolute Gasteiger partial charge is 0.491 e. The van der Waals surface area contributed by atoms with Gasteiger partial charge in [-0.05, 0) is 85.0 Å². The lowest BCUT2D eigenvalue weighted by molar-refractivity contribution is -0.135. The predicted molar refractivity (Wildman–Crippen MR) is 139 cm³/mol. The third-order valence-electron chi connectivity index (χ3n) is 6.76. The Labute approximate surface area is 215 Å². The SMILES string of the molecule is Cc1cc(OCC2c3ccsc3CCN2C(=O)CN(CC2CC2)C(=O)c2ccccc2)ccc1Cl. The van der Waals surface area contributed by atoms with Crippen molar-refractivity contribution in [2.45, 2.75) is 32.2 Å². The molecule has 1 aliphatic heterocycles. The van der Waals surface area contributed by atoms with Gasteiger partial charge in [0.25, 0.3) is 5.91 Å². The predicted octanol–water partition coefficient (Wildman–Crippen LogP) is 5.77. The van der Waals surface area contributed by atoms with Gasteiger partial charge in [0.2, 0.25) is 5.91 Å². The van der Waals surface area contributed by atoms with Gasteiger partial charge in [-0.15, -0.1) is 11.3 Å². The smallest absolute Gasteiger partial charge is 0.254 e. The van der Waals surface area contributed by atoms with E-state index >= 15 is 0 Å². The van der Waals surface area contributed by atoms with Gasteiger partial charge in [0.05, 0.1) is 6.04 Å². The number of carbonyl (C=O) groups excluding carboxylic acids is 2. The summed E-state index contributed by atoms with van der Waals surface area (Å²) in [6, 6.07) is 16.8. The number of carbonyl (C=O) groups is 2. The maximum absolute atomic E-state index is 13.7. The fourth-order valence-electron chi connectivity index (χ4n) is 4.61. The van der Waals surface area contributed by atoms with E-state index in [4.69, 9.17) is 16.3 Å². The molecule has 0 spiro atoms. The molecule has 0 saturated heterocycles. The summed E-state index contributed by atoms with van der Waals surface area (Å²) in [7, 11) is 0. The Balaban J connectivity index is 1.34. The van der Waals surface area contributed by atoms with Crippen LogP contribution in [-0.2, 0) is 11.2 Å². The third kappa shape index (κ3) is 5.54. The molecule has 2 heterocycles. The number of hydrogen-bond acceptors (Lipinski definition) is 4. The van der Waals surface area contributed by atoms with Crippen LogP contribution in [0.25, 0.3) is 0 Å². The molecule has 182 valence electrons. The summed E-state index contributed by atoms with van der Waals surface area (Å²) in [5.74, 6) is 1.11. The van der Waals surface area contributed by atoms with Crippen molar-refractivity contribution < 1.29 is 14.3 Å². The number of fused-ring (bicyclic) bond motifs is 1. The van der Waals surface area contributed by atoms with E-state index in [1.54, 1.807) is 16.2 Å². The molecule has 3 aromatic rings. The fourth-order valence-corrected chi connectivity index (χ4v) is 5.65. The molecule has 1 unspecified atom stereocenters. The molecule has 2 aromatic carbocycles. The number of hydrogen-bond donors (Lipinski definition) is 0. The standard InChI is InChI=1S/C28H29ClN2O3S/c1-19-15-22(9-10-24(19)29)34-18-25-23-12-14-35-26(23)11-13-31(25)27(32)17-30(16-20-7-8-20)28(33)21-5-3-2-4-6-21/h2-6,9-10,12,14-15,20,25H,7-8,11,13,16-18H2,1H3. The van der Waals surface area contributed by atoms with Crippen LogP contribution in [0.4, 0.5) is 0 Å². The first-order valence-corrected chi connectivity index (χ1v) is 13.3. The molecule has 5 nitrogen and oxygen atoms in total. The van der Waals surface area contributed by atoms with Crippen molar-refractivity contribution in [2.75, 3.05) is 26.2 Å². The van der Waals surface area contributed by atoms with E-state index in [1.807, 2.05) is 60.4 Å². The third-order valence-corrected chi connectivity index (χ3v) is 8.18. The van der Waals surface area contributed by atoms with Crippen molar-refractivity contribution in [1.29, 1.82) is 0 Å². The van der Waals surface area contributed by atoms with Gasteiger partial charge in [-0.3, -0.25) is 9.59 Å². The molecule has 5 rings (SSSR count). The Bertz CT molecular complexity index is 1210. The fraction of sp³-hybridized carbons (Fsp3) is 0.357. The number of ether oxygens (including phenoxy) is 1. The van der Waals surface area contributed by atoms with E-state index in [-0.39, 0.29) is 24.4 Å². The second kappa shape index (κ2) is 10.4. The van der Waals surface area contributed by atoms with Gasteiger partial charge in [-0.1, -0.05) is 29.8 Å². The monoisotopic (exact) mass is 508 g/mol. The first-order chi connectivity index (χ1) is 17.0. The molecule has 2 aliphatic rings. The molecule has 0 N–H and O–H groups in total. The number of halogens is 1. The van der Waals surface area contributed by atoms with Crippen LogP contribution in [0.5, 0.6) is 5.75 Å². The second-order valence-electron chi connectivity index (χ2n) is 9.37. The summed E-state index contributed by atoms with van der Waals surface area (Å²) in [5.41, 5.74) is 2.72. The van der Waals surface area contributed by atoms with Gasteiger partial charge < -0.3 is 14.5 Å². The van der Waals surface area contributed by atoms with Gasteiger partial charge >= 0.3 is 0 Å². The number of rotatable bonds is 8. The summed E-state index contributed by atoms with van der Waals surface area (Å²) in [5, 5.41) is 2.78. The molecule has 1 atom stereocenters. The maximum atomic E-state index is 13.7. The zero-order chi connectivity index (χ0) is 24.4. The highest BCUT2D eigenvalue weighted by Crippen LogP contribution is 2.35. The van der Waals surface area contributed by atoms with Crippen molar-refractivity contribution in [3.8, 4) is 5.75 Å². The minimum absolute atomic E-state index is 0.0346. The van der Waals surface area contributed by atoms with Gasteiger partial charge in [-0.25, -0.2) is 0 Å². The Morgan fingerprint density at radius 2 is 1.94 bits per heavy atom. The number of aryl methyl sites for hydroxylation is 1. The van der Waals surface area contributed by atoms with Crippen LogP contribution in [0.3, 0.4) is 0 Å². The van der Waals surface area contributed by atoms with Crippen molar-refractivity contribution in [3.05, 3.63) is 86.6 Å². The van der Waals surface area contributed by atoms with Crippen LogP contribution < -0.4 is 4.74 Å². The summed E-state index contributed by atoms with van der Waals surface area (Å²) in [6.45, 7) is 3.63. The number of benzene rings is 2. The minimum Gasteiger partial charge on any atom is -0.491 e. The van der Waals surface area contributed by atoms with Crippen LogP contribution >= 0.6 is 22.9 Å². The highest BCUT2D eigenvalue weighted by molar-refractivity contribution is 7.10. The van der Waals surface area contributed by atoms with E-state index in [0.29, 0.717) is 36.2 Å². The summed E-state index contributed by atoms with van der Waals surface area (Å²) in [6.07, 6.45) is 3.06. The molecule has 1 saturated carbocycles. The molecule has 0 bridgehead atoms. The van der Waals surface area contributed by atoms with Gasteiger partial charge in [0.1, 0.15) is 18.9 Å². The van der Waals surface area contributed by atoms with Crippen LogP contribution in [0.1, 0.15) is 45.2 Å². The summed E-state index contributed by atoms with van der Waals surface area (Å²) >= 11 is 7.89. The lowest BCUT2D eigenvalue weighted by Crippen LogP contribution is -2.48. The molecule has 35 heavy (non-hydrogen) atoms. The minimum atomic E-state index is -0.192. The number of nitrogens with zero attached hydrogens (tertiary/aromatic N) is 2. The molecule has 1 fully saturated rings. The Morgan fingerprint density at radius 3 is 2.69 bits per heavy atom. The lowest BCUT2D eigenvalue weighted by Gasteiger charge is -2.37. The Kier molecular flexibility index (Phi) is 7.12. The van der Waals surface area contributed by atoms with Crippen molar-refractivity contribution in [3.63, 3.8) is 0 Å². The zero-order valence-electron chi connectivity index (χ0n) is 19.8. The van der Waals surface area contributed by atoms with Crippen molar-refractivity contribution >= 4 is 34.8 Å². The Morgan fingerprint density at radius 1 is 1.14 bits per heavy atom. The van der Waals surface area contributed by atoms with Crippen molar-refractivity contribution in [2.24, 2.45) is 5.92 Å². The van der Waals surface area contributed by atoms with Crippen LogP contribution in [0.15, 0.2) is 60.0 Å². The normalized spacial score (nSPS) is 17.1. The first kappa shape index (κ1) is 23.9. The molecule has 7 heteroatoms. The van der Waals surface area contributed by atoms with E-state index in [0.717, 1.165) is 36.1 Å². The van der Waals surface area contributed by atoms with Crippen molar-refractivity contribution in [1.82, 2.24) is 9.80 Å². The molecule has 0 radical (unpaired) electrons. The highest BCUT2D eigenvalue weighted by atomic mass is 35.5. The van der Waals surface area contributed by atoms with Crippen LogP contribution in [0, 0.1) is 12.8 Å². The Hall–Kier alpha value is -2.83. The summed E-state index contributed by atoms with van der Waals surface area (Å²) in [4.78, 5) is 31.8. The van der Waals surface area contributed by atoms with Crippen LogP contribution in [-0.4, -0.2) is 47.9 Å². The van der Waals surface area contributed by atoms with Gasteiger partial charge in [0, 0.05) is 28.6 Å². The lowest BCUT2D eigenvalue weighted by atomic mass is 10.00. The molecule has 1 aliphatic carbocycles. The first-order valence-electron chi connectivity index (χ1n) is 12.1. The zero-order valence-corrected chi connectivity index (χ0v) is 21.4. The highest BCUT2D eigenvalue weighted by Gasteiger charge is 2.35. The second-order valence-corrected chi connectivity index (χ2v) is 10.8. The van der Waals surface area contributed by atoms with E-state index in [2.05, 4.69) is 11.4 Å². The van der Waals surface area contributed by atoms with E-state index < -0.39 is 0 Å². The quantitative estimate of drug-likeness (QED) is 0.388. The van der Waals surface area contributed by atoms with E-state index in [1.165, 1.54) is 4.88 Å². The molecule has 2 amide bonds. The maximum Gasteiger partial charge on any atom is 0.254 e. The summed E-state index contributed by atoms with van der Waals surface area (Å²) < 4.78 is 6.16. The number of thiophene rings is 1. The average Bonchev–Trinajstić information content (AvgIpc) is 3.56. The molecular weight excluding hydrogens is 480 g/mol. The van der Waals surface area contributed by atoms with Crippen LogP contribution in [0.2, 0.25) is 5.02 Å². The van der Waals surface area contributed by atoms with Gasteiger partial charge in [0.15, 0.2) is 0 Å². The topological polar surface area (TPSA) is 49.9 Å². The average molecular weight is 509 g/mol. The number of amides is 2.